The van der Waals surface area contributed by atoms with Gasteiger partial charge in [0.25, 0.3) is 0 Å². The lowest BCUT2D eigenvalue weighted by molar-refractivity contribution is 0.00393. The molecule has 1 aliphatic heterocycles. The van der Waals surface area contributed by atoms with Gasteiger partial charge in [0, 0.05) is 5.56 Å². The molecule has 5 heteroatoms. The minimum Gasteiger partial charge on any atom is -0.465 e. The van der Waals surface area contributed by atoms with Gasteiger partial charge in [-0.25, -0.2) is 14.0 Å². The van der Waals surface area contributed by atoms with Gasteiger partial charge in [0.2, 0.25) is 0 Å². The van der Waals surface area contributed by atoms with Gasteiger partial charge in [-0.3, -0.25) is 0 Å². The first kappa shape index (κ1) is 11.6. The normalized spacial score (nSPS) is 22.6. The van der Waals surface area contributed by atoms with Crippen LogP contribution < -0.4 is 0 Å². The van der Waals surface area contributed by atoms with E-state index >= 15 is 0 Å². The number of halogens is 1. The van der Waals surface area contributed by atoms with E-state index < -0.39 is 24.2 Å². The Labute approximate surface area is 97.3 Å². The molecule has 0 saturated carbocycles. The second-order valence-corrected chi connectivity index (χ2v) is 3.81. The summed E-state index contributed by atoms with van der Waals surface area (Å²) >= 11 is 0. The predicted octanol–water partition coefficient (Wildman–Crippen LogP) is 2.04. The van der Waals surface area contributed by atoms with E-state index in [-0.39, 0.29) is 16.7 Å². The number of fused-ring (bicyclic) bond motifs is 1. The van der Waals surface area contributed by atoms with Gasteiger partial charge in [-0.2, -0.15) is 0 Å². The number of ether oxygens (including phenoxy) is 2. The molecular weight excluding hydrogens is 227 g/mol. The highest BCUT2D eigenvalue weighted by molar-refractivity contribution is 5.95. The number of alkyl halides is 1. The van der Waals surface area contributed by atoms with Gasteiger partial charge in [0.15, 0.2) is 6.17 Å². The summed E-state index contributed by atoms with van der Waals surface area (Å²) in [5.41, 5.74) is 0.552. The molecule has 2 atom stereocenters. The molecular formula is C12H11FO4. The van der Waals surface area contributed by atoms with E-state index in [0.717, 1.165) is 0 Å². The highest BCUT2D eigenvalue weighted by atomic mass is 19.1. The van der Waals surface area contributed by atoms with Crippen LogP contribution in [0.15, 0.2) is 18.2 Å². The monoisotopic (exact) mass is 238 g/mol. The minimum absolute atomic E-state index is 0.156. The molecule has 90 valence electrons. The van der Waals surface area contributed by atoms with Gasteiger partial charge < -0.3 is 9.47 Å². The van der Waals surface area contributed by atoms with Gasteiger partial charge in [-0.05, 0) is 25.1 Å². The molecule has 1 aliphatic rings. The molecule has 0 aromatic heterocycles. The van der Waals surface area contributed by atoms with E-state index in [1.807, 2.05) is 0 Å². The van der Waals surface area contributed by atoms with Crippen LogP contribution in [0.2, 0.25) is 0 Å². The summed E-state index contributed by atoms with van der Waals surface area (Å²) in [6.07, 6.45) is -2.27. The van der Waals surface area contributed by atoms with Crippen molar-refractivity contribution in [3.63, 3.8) is 0 Å². The quantitative estimate of drug-likeness (QED) is 0.702. The molecule has 17 heavy (non-hydrogen) atoms. The average molecular weight is 238 g/mol. The van der Waals surface area contributed by atoms with Crippen molar-refractivity contribution in [1.82, 2.24) is 0 Å². The maximum atomic E-state index is 13.9. The highest BCUT2D eigenvalue weighted by Crippen LogP contribution is 2.33. The lowest BCUT2D eigenvalue weighted by Crippen LogP contribution is -2.28. The van der Waals surface area contributed by atoms with Gasteiger partial charge in [-0.15, -0.1) is 0 Å². The molecule has 2 rings (SSSR count). The van der Waals surface area contributed by atoms with Crippen molar-refractivity contribution in [1.29, 1.82) is 0 Å². The third-order valence-electron chi connectivity index (χ3n) is 2.69. The smallest absolute Gasteiger partial charge is 0.338 e. The minimum atomic E-state index is -1.42. The Morgan fingerprint density at radius 1 is 1.47 bits per heavy atom. The van der Waals surface area contributed by atoms with Crippen molar-refractivity contribution < 1.29 is 23.5 Å². The molecule has 0 amide bonds. The van der Waals surface area contributed by atoms with E-state index in [1.54, 1.807) is 0 Å². The number of rotatable bonds is 1. The summed E-state index contributed by atoms with van der Waals surface area (Å²) in [4.78, 5) is 22.8. The number of carbonyl (C=O) groups excluding carboxylic acids is 2. The van der Waals surface area contributed by atoms with Crippen LogP contribution in [0.5, 0.6) is 0 Å². The SMILES string of the molecule is COC(=O)c1ccc2c(c1)[C@H](F)[C@H](C)OC2=O. The van der Waals surface area contributed by atoms with E-state index in [4.69, 9.17) is 4.74 Å². The van der Waals surface area contributed by atoms with Gasteiger partial charge in [-0.1, -0.05) is 0 Å². The number of cyclic esters (lactones) is 1. The first-order valence-electron chi connectivity index (χ1n) is 5.12. The molecule has 0 bridgehead atoms. The van der Waals surface area contributed by atoms with Crippen molar-refractivity contribution in [2.24, 2.45) is 0 Å². The van der Waals surface area contributed by atoms with Crippen LogP contribution in [0.4, 0.5) is 4.39 Å². The molecule has 1 aromatic carbocycles. The van der Waals surface area contributed by atoms with E-state index in [1.165, 1.54) is 32.2 Å². The van der Waals surface area contributed by atoms with Gasteiger partial charge in [0.1, 0.15) is 6.10 Å². The molecule has 1 aromatic rings. The third-order valence-corrected chi connectivity index (χ3v) is 2.69. The van der Waals surface area contributed by atoms with Gasteiger partial charge >= 0.3 is 11.9 Å². The summed E-state index contributed by atoms with van der Waals surface area (Å²) in [5.74, 6) is -1.13. The predicted molar refractivity (Wildman–Crippen MR) is 56.5 cm³/mol. The highest BCUT2D eigenvalue weighted by Gasteiger charge is 2.33. The molecule has 0 N–H and O–H groups in total. The van der Waals surface area contributed by atoms with E-state index in [2.05, 4.69) is 4.74 Å². The first-order valence-corrected chi connectivity index (χ1v) is 5.12. The van der Waals surface area contributed by atoms with E-state index in [0.29, 0.717) is 0 Å². The van der Waals surface area contributed by atoms with Crippen LogP contribution in [0.3, 0.4) is 0 Å². The Morgan fingerprint density at radius 3 is 2.82 bits per heavy atom. The second-order valence-electron chi connectivity index (χ2n) is 3.81. The van der Waals surface area contributed by atoms with Crippen LogP contribution >= 0.6 is 0 Å². The van der Waals surface area contributed by atoms with Crippen molar-refractivity contribution in [3.05, 3.63) is 34.9 Å². The Hall–Kier alpha value is -1.91. The van der Waals surface area contributed by atoms with Crippen LogP contribution in [0.1, 0.15) is 39.4 Å². The zero-order valence-corrected chi connectivity index (χ0v) is 9.40. The van der Waals surface area contributed by atoms with Crippen molar-refractivity contribution >= 4 is 11.9 Å². The molecule has 0 saturated heterocycles. The largest absolute Gasteiger partial charge is 0.465 e. The van der Waals surface area contributed by atoms with Gasteiger partial charge in [0.05, 0.1) is 18.2 Å². The fourth-order valence-electron chi connectivity index (χ4n) is 1.77. The number of methoxy groups -OCH3 is 1. The lowest BCUT2D eigenvalue weighted by Gasteiger charge is -2.25. The molecule has 0 fully saturated rings. The Balaban J connectivity index is 2.50. The fourth-order valence-corrected chi connectivity index (χ4v) is 1.77. The fraction of sp³-hybridized carbons (Fsp3) is 0.333. The number of carbonyl (C=O) groups is 2. The van der Waals surface area contributed by atoms with Crippen LogP contribution in [-0.4, -0.2) is 25.2 Å². The summed E-state index contributed by atoms with van der Waals surface area (Å²) in [6.45, 7) is 1.47. The summed E-state index contributed by atoms with van der Waals surface area (Å²) in [5, 5.41) is 0. The molecule has 1 heterocycles. The third kappa shape index (κ3) is 1.88. The molecule has 0 aliphatic carbocycles. The van der Waals surface area contributed by atoms with Crippen molar-refractivity contribution in [2.45, 2.75) is 19.2 Å². The molecule has 0 radical (unpaired) electrons. The zero-order chi connectivity index (χ0) is 12.6. The number of benzene rings is 1. The lowest BCUT2D eigenvalue weighted by atomic mass is 9.95. The standard InChI is InChI=1S/C12H11FO4/c1-6-10(13)9-5-7(11(14)16-2)3-4-8(9)12(15)17-6/h3-6,10H,1-2H3/t6-,10+/m0/s1. The van der Waals surface area contributed by atoms with Crippen molar-refractivity contribution in [2.75, 3.05) is 7.11 Å². The Kier molecular flexibility index (Phi) is 2.83. The molecule has 0 unspecified atom stereocenters. The maximum Gasteiger partial charge on any atom is 0.338 e. The number of esters is 2. The Bertz CT molecular complexity index is 483. The first-order chi connectivity index (χ1) is 8.04. The summed E-state index contributed by atoms with van der Waals surface area (Å²) in [7, 11) is 1.24. The molecule has 0 spiro atoms. The van der Waals surface area contributed by atoms with Crippen LogP contribution in [-0.2, 0) is 9.47 Å². The maximum absolute atomic E-state index is 13.9. The number of hydrogen-bond acceptors (Lipinski definition) is 4. The van der Waals surface area contributed by atoms with Crippen LogP contribution in [0, 0.1) is 0 Å². The summed E-state index contributed by atoms with van der Waals surface area (Å²) in [6, 6.07) is 4.12. The van der Waals surface area contributed by atoms with Crippen molar-refractivity contribution in [3.8, 4) is 0 Å². The zero-order valence-electron chi connectivity index (χ0n) is 9.40. The van der Waals surface area contributed by atoms with Crippen LogP contribution in [0.25, 0.3) is 0 Å². The molecule has 4 nitrogen and oxygen atoms in total. The topological polar surface area (TPSA) is 52.6 Å². The summed E-state index contributed by atoms with van der Waals surface area (Å²) < 4.78 is 23.2. The number of hydrogen-bond donors (Lipinski definition) is 0. The average Bonchev–Trinajstić information content (AvgIpc) is 2.34. The Morgan fingerprint density at radius 2 is 2.18 bits per heavy atom. The second kappa shape index (κ2) is 4.16. The van der Waals surface area contributed by atoms with E-state index in [9.17, 15) is 14.0 Å².